The molecular formula is C24H30ClNO4. The number of nitrogens with zero attached hydrogens (tertiary/aromatic N) is 1. The lowest BCUT2D eigenvalue weighted by molar-refractivity contribution is 0.0723. The molecule has 5 nitrogen and oxygen atoms in total. The summed E-state index contributed by atoms with van der Waals surface area (Å²) in [5, 5.41) is 0. The summed E-state index contributed by atoms with van der Waals surface area (Å²) in [7, 11) is 5.26. The molecule has 1 heterocycles. The van der Waals surface area contributed by atoms with Crippen molar-refractivity contribution in [3.8, 4) is 11.5 Å². The van der Waals surface area contributed by atoms with E-state index >= 15 is 0 Å². The Morgan fingerprint density at radius 2 is 1.17 bits per heavy atom. The van der Waals surface area contributed by atoms with Crippen molar-refractivity contribution in [2.75, 3.05) is 21.3 Å². The average Bonchev–Trinajstić information content (AvgIpc) is 2.76. The lowest BCUT2D eigenvalue weighted by Gasteiger charge is -2.39. The normalized spacial score (nSPS) is 18.9. The minimum Gasteiger partial charge on any atom is -0.497 e. The minimum atomic E-state index is 0. The van der Waals surface area contributed by atoms with Crippen LogP contribution in [-0.2, 0) is 0 Å². The lowest BCUT2D eigenvalue weighted by atomic mass is 9.88. The highest BCUT2D eigenvalue weighted by Gasteiger charge is 2.30. The Hall–Kier alpha value is -2.37. The molecule has 0 spiro atoms. The molecule has 2 atom stereocenters. The SMILES string of the molecule is COc1ccc(C(=O)CC2CCCC(CC(=O)c3ccc(OC)cc3)N2C)cc1.Cl. The Balaban J connectivity index is 0.00000320. The zero-order chi connectivity index (χ0) is 20.8. The number of hydrogen-bond acceptors (Lipinski definition) is 5. The van der Waals surface area contributed by atoms with Crippen LogP contribution in [0.4, 0.5) is 0 Å². The Labute approximate surface area is 184 Å². The summed E-state index contributed by atoms with van der Waals surface area (Å²) in [5.41, 5.74) is 1.41. The van der Waals surface area contributed by atoms with Crippen LogP contribution in [-0.4, -0.2) is 49.8 Å². The Kier molecular flexibility index (Phi) is 8.88. The highest BCUT2D eigenvalue weighted by atomic mass is 35.5. The van der Waals surface area contributed by atoms with Gasteiger partial charge in [-0.1, -0.05) is 6.42 Å². The van der Waals surface area contributed by atoms with Crippen LogP contribution in [0.1, 0.15) is 52.8 Å². The quantitative estimate of drug-likeness (QED) is 0.560. The van der Waals surface area contributed by atoms with Crippen molar-refractivity contribution in [2.24, 2.45) is 0 Å². The minimum absolute atomic E-state index is 0. The second-order valence-corrected chi connectivity index (χ2v) is 7.62. The molecule has 0 aliphatic carbocycles. The van der Waals surface area contributed by atoms with Crippen LogP contribution >= 0.6 is 12.4 Å². The van der Waals surface area contributed by atoms with E-state index in [1.165, 1.54) is 0 Å². The number of Topliss-reactive ketones (excluding diaryl/α,β-unsaturated/α-hetero) is 2. The molecular weight excluding hydrogens is 402 g/mol. The van der Waals surface area contributed by atoms with Crippen molar-refractivity contribution in [2.45, 2.75) is 44.2 Å². The third-order valence-corrected chi connectivity index (χ3v) is 5.89. The van der Waals surface area contributed by atoms with Gasteiger partial charge in [0.25, 0.3) is 0 Å². The molecule has 0 bridgehead atoms. The highest BCUT2D eigenvalue weighted by Crippen LogP contribution is 2.28. The number of ether oxygens (including phenoxy) is 2. The van der Waals surface area contributed by atoms with Crippen molar-refractivity contribution in [3.63, 3.8) is 0 Å². The predicted octanol–water partition coefficient (Wildman–Crippen LogP) is 4.82. The van der Waals surface area contributed by atoms with Crippen molar-refractivity contribution >= 4 is 24.0 Å². The molecule has 2 aromatic rings. The molecule has 1 fully saturated rings. The van der Waals surface area contributed by atoms with Gasteiger partial charge in [0.1, 0.15) is 11.5 Å². The molecule has 2 unspecified atom stereocenters. The van der Waals surface area contributed by atoms with Gasteiger partial charge in [-0.25, -0.2) is 0 Å². The van der Waals surface area contributed by atoms with Gasteiger partial charge in [-0.2, -0.15) is 0 Å². The van der Waals surface area contributed by atoms with Crippen molar-refractivity contribution in [1.82, 2.24) is 4.90 Å². The summed E-state index contributed by atoms with van der Waals surface area (Å²) in [4.78, 5) is 27.7. The van der Waals surface area contributed by atoms with Gasteiger partial charge in [-0.15, -0.1) is 12.4 Å². The molecule has 6 heteroatoms. The number of methoxy groups -OCH3 is 2. The van der Waals surface area contributed by atoms with E-state index in [9.17, 15) is 9.59 Å². The van der Waals surface area contributed by atoms with E-state index in [0.717, 1.165) is 30.8 Å². The largest absolute Gasteiger partial charge is 0.497 e. The maximum atomic E-state index is 12.7. The summed E-state index contributed by atoms with van der Waals surface area (Å²) < 4.78 is 10.3. The molecule has 30 heavy (non-hydrogen) atoms. The van der Waals surface area contributed by atoms with Gasteiger partial charge < -0.3 is 9.47 Å². The number of carbonyl (C=O) groups is 2. The van der Waals surface area contributed by atoms with E-state index in [-0.39, 0.29) is 36.1 Å². The first-order valence-electron chi connectivity index (χ1n) is 10.1. The standard InChI is InChI=1S/C24H29NO4.ClH/c1-25-19(15-23(26)17-7-11-21(28-2)12-8-17)5-4-6-20(25)16-24(27)18-9-13-22(29-3)14-10-18;/h7-14,19-20H,4-6,15-16H2,1-3H3;1H. The predicted molar refractivity (Wildman–Crippen MR) is 120 cm³/mol. The summed E-state index contributed by atoms with van der Waals surface area (Å²) in [6.45, 7) is 0. The Morgan fingerprint density at radius 1 is 0.800 bits per heavy atom. The second kappa shape index (κ2) is 11.1. The number of likely N-dealkylation sites (tertiary alicyclic amines) is 1. The summed E-state index contributed by atoms with van der Waals surface area (Å²) in [5.74, 6) is 1.75. The molecule has 1 aliphatic heterocycles. The fourth-order valence-electron chi connectivity index (χ4n) is 4.00. The van der Waals surface area contributed by atoms with Crippen LogP contribution in [0.15, 0.2) is 48.5 Å². The molecule has 1 aliphatic rings. The highest BCUT2D eigenvalue weighted by molar-refractivity contribution is 5.97. The van der Waals surface area contributed by atoms with Crippen LogP contribution in [0.5, 0.6) is 11.5 Å². The molecule has 1 saturated heterocycles. The van der Waals surface area contributed by atoms with Gasteiger partial charge in [0.15, 0.2) is 11.6 Å². The van der Waals surface area contributed by atoms with Crippen LogP contribution < -0.4 is 9.47 Å². The molecule has 0 amide bonds. The Bertz CT molecular complexity index is 766. The van der Waals surface area contributed by atoms with Gasteiger partial charge in [0, 0.05) is 36.1 Å². The second-order valence-electron chi connectivity index (χ2n) is 7.62. The summed E-state index contributed by atoms with van der Waals surface area (Å²) in [6, 6.07) is 14.8. The van der Waals surface area contributed by atoms with Crippen LogP contribution in [0.2, 0.25) is 0 Å². The average molecular weight is 432 g/mol. The molecule has 0 N–H and O–H groups in total. The maximum Gasteiger partial charge on any atom is 0.164 e. The zero-order valence-corrected chi connectivity index (χ0v) is 18.6. The van der Waals surface area contributed by atoms with E-state index in [4.69, 9.17) is 9.47 Å². The van der Waals surface area contributed by atoms with Gasteiger partial charge in [-0.05, 0) is 68.4 Å². The number of ketones is 2. The van der Waals surface area contributed by atoms with E-state index in [0.29, 0.717) is 24.0 Å². The molecule has 0 aromatic heterocycles. The summed E-state index contributed by atoms with van der Waals surface area (Å²) in [6.07, 6.45) is 3.93. The first-order chi connectivity index (χ1) is 14.0. The number of rotatable bonds is 8. The van der Waals surface area contributed by atoms with E-state index in [1.807, 2.05) is 55.6 Å². The van der Waals surface area contributed by atoms with Crippen molar-refractivity contribution in [1.29, 1.82) is 0 Å². The number of hydrogen-bond donors (Lipinski definition) is 0. The molecule has 162 valence electrons. The maximum absolute atomic E-state index is 12.7. The zero-order valence-electron chi connectivity index (χ0n) is 17.8. The van der Waals surface area contributed by atoms with Crippen LogP contribution in [0, 0.1) is 0 Å². The third kappa shape index (κ3) is 5.83. The third-order valence-electron chi connectivity index (χ3n) is 5.89. The molecule has 2 aromatic carbocycles. The lowest BCUT2D eigenvalue weighted by Crippen LogP contribution is -2.45. The van der Waals surface area contributed by atoms with Crippen molar-refractivity contribution < 1.29 is 19.1 Å². The number of benzene rings is 2. The van der Waals surface area contributed by atoms with Crippen molar-refractivity contribution in [3.05, 3.63) is 59.7 Å². The first kappa shape index (κ1) is 23.9. The van der Waals surface area contributed by atoms with Gasteiger partial charge >= 0.3 is 0 Å². The van der Waals surface area contributed by atoms with Gasteiger partial charge in [-0.3, -0.25) is 14.5 Å². The Morgan fingerprint density at radius 3 is 1.50 bits per heavy atom. The van der Waals surface area contributed by atoms with Gasteiger partial charge in [0.2, 0.25) is 0 Å². The van der Waals surface area contributed by atoms with E-state index in [2.05, 4.69) is 4.90 Å². The molecule has 0 radical (unpaired) electrons. The van der Waals surface area contributed by atoms with E-state index in [1.54, 1.807) is 14.2 Å². The fraction of sp³-hybridized carbons (Fsp3) is 0.417. The summed E-state index contributed by atoms with van der Waals surface area (Å²) >= 11 is 0. The van der Waals surface area contributed by atoms with Crippen LogP contribution in [0.25, 0.3) is 0 Å². The fourth-order valence-corrected chi connectivity index (χ4v) is 4.00. The van der Waals surface area contributed by atoms with Gasteiger partial charge in [0.05, 0.1) is 14.2 Å². The van der Waals surface area contributed by atoms with E-state index < -0.39 is 0 Å². The number of piperidine rings is 1. The number of halogens is 1. The molecule has 0 saturated carbocycles. The van der Waals surface area contributed by atoms with Crippen LogP contribution in [0.3, 0.4) is 0 Å². The topological polar surface area (TPSA) is 55.8 Å². The molecule has 3 rings (SSSR count). The first-order valence-corrected chi connectivity index (χ1v) is 10.1. The monoisotopic (exact) mass is 431 g/mol. The smallest absolute Gasteiger partial charge is 0.164 e. The number of carbonyl (C=O) groups excluding carboxylic acids is 2.